The zero-order valence-electron chi connectivity index (χ0n) is 37.8. The lowest BCUT2D eigenvalue weighted by Gasteiger charge is -2.56. The van der Waals surface area contributed by atoms with Crippen LogP contribution >= 0.6 is 0 Å². The van der Waals surface area contributed by atoms with E-state index in [1.54, 1.807) is 37.4 Å². The topological polar surface area (TPSA) is 218 Å². The van der Waals surface area contributed by atoms with Gasteiger partial charge in [0.1, 0.15) is 17.1 Å². The predicted molar refractivity (Wildman–Crippen MR) is 252 cm³/mol. The number of nitro benzene ring substituents is 1. The standard InChI is InChI=1S/C49H60N8O8S/c1-31(2)37-7-4-5-8-38(37)41-9-6-22-56(41)35-28-49(29-35)19-23-55(24-20-49)34-10-12-39(43(26-34)64-44-25-33-16-21-51-45(33)53-47(44)65-50)46(58)54-66(62,63)36-11-13-40(42(27-36)57(60)61)52-30-32-14-17-48(3,59)18-15-32/h4-5,7-8,10-13,16,21,25-27,31-32,35,41,52,59H,6,9,14-15,17-20,22-24,28-30,50H2,1-3H3,(H,51,53)(H,54,58)/t32?,41-,48?/m1/s1. The number of rotatable bonds is 14. The maximum absolute atomic E-state index is 14.1. The third-order valence-corrected chi connectivity index (χ3v) is 16.1. The summed E-state index contributed by atoms with van der Waals surface area (Å²) in [7, 11) is -4.62. The number of aromatic amines is 1. The highest BCUT2D eigenvalue weighted by molar-refractivity contribution is 7.90. The van der Waals surface area contributed by atoms with Gasteiger partial charge in [0.2, 0.25) is 0 Å². The van der Waals surface area contributed by atoms with Gasteiger partial charge in [-0.25, -0.2) is 13.1 Å². The van der Waals surface area contributed by atoms with Crippen molar-refractivity contribution in [1.29, 1.82) is 0 Å². The van der Waals surface area contributed by atoms with Crippen LogP contribution in [0.5, 0.6) is 17.4 Å². The molecule has 4 heterocycles. The number of fused-ring (bicyclic) bond motifs is 1. The summed E-state index contributed by atoms with van der Waals surface area (Å²) in [6, 6.07) is 21.9. The Morgan fingerprint density at radius 1 is 1.00 bits per heavy atom. The van der Waals surface area contributed by atoms with Crippen LogP contribution in [0.25, 0.3) is 11.0 Å². The number of piperidine rings is 1. The molecule has 1 spiro atoms. The third-order valence-electron chi connectivity index (χ3n) is 14.7. The van der Waals surface area contributed by atoms with Crippen LogP contribution in [0.1, 0.15) is 118 Å². The fraction of sp³-hybridized carbons (Fsp3) is 0.469. The lowest BCUT2D eigenvalue weighted by molar-refractivity contribution is -0.384. The molecule has 4 aliphatic rings. The van der Waals surface area contributed by atoms with Gasteiger partial charge in [0.05, 0.1) is 21.0 Å². The molecule has 2 aliphatic heterocycles. The Balaban J connectivity index is 0.918. The van der Waals surface area contributed by atoms with E-state index in [1.807, 2.05) is 0 Å². The molecule has 2 aliphatic carbocycles. The molecule has 1 amide bonds. The molecule has 0 unspecified atom stereocenters. The van der Waals surface area contributed by atoms with Crippen molar-refractivity contribution in [3.63, 3.8) is 0 Å². The van der Waals surface area contributed by atoms with Crippen LogP contribution in [0.2, 0.25) is 0 Å². The van der Waals surface area contributed by atoms with Gasteiger partial charge in [-0.2, -0.15) is 10.9 Å². The molecule has 9 rings (SSSR count). The fourth-order valence-electron chi connectivity index (χ4n) is 10.9. The van der Waals surface area contributed by atoms with E-state index >= 15 is 0 Å². The molecule has 6 N–H and O–H groups in total. The zero-order valence-corrected chi connectivity index (χ0v) is 38.6. The summed E-state index contributed by atoms with van der Waals surface area (Å²) >= 11 is 0. The second-order valence-corrected chi connectivity index (χ2v) is 21.2. The van der Waals surface area contributed by atoms with Crippen molar-refractivity contribution in [2.75, 3.05) is 36.4 Å². The molecular weight excluding hydrogens is 861 g/mol. The summed E-state index contributed by atoms with van der Waals surface area (Å²) in [5.74, 6) is 5.38. The quantitative estimate of drug-likeness (QED) is 0.0521. The first-order chi connectivity index (χ1) is 31.6. The normalized spacial score (nSPS) is 22.4. The van der Waals surface area contributed by atoms with Crippen LogP contribution < -0.4 is 30.4 Å². The average molecular weight is 921 g/mol. The first-order valence-corrected chi connectivity index (χ1v) is 24.7. The van der Waals surface area contributed by atoms with Gasteiger partial charge < -0.3 is 29.9 Å². The van der Waals surface area contributed by atoms with Gasteiger partial charge in [-0.3, -0.25) is 19.8 Å². The summed E-state index contributed by atoms with van der Waals surface area (Å²) in [5.41, 5.74) is 3.39. The van der Waals surface area contributed by atoms with E-state index in [9.17, 15) is 28.4 Å². The van der Waals surface area contributed by atoms with Gasteiger partial charge >= 0.3 is 0 Å². The van der Waals surface area contributed by atoms with Crippen molar-refractivity contribution in [1.82, 2.24) is 19.6 Å². The second-order valence-electron chi connectivity index (χ2n) is 19.5. The monoisotopic (exact) mass is 920 g/mol. The van der Waals surface area contributed by atoms with Crippen molar-refractivity contribution in [2.45, 2.75) is 113 Å². The number of carbonyl (C=O) groups is 1. The van der Waals surface area contributed by atoms with Crippen molar-refractivity contribution in [2.24, 2.45) is 17.2 Å². The number of sulfonamides is 1. The average Bonchev–Trinajstić information content (AvgIpc) is 3.97. The smallest absolute Gasteiger partial charge is 0.293 e. The number of benzene rings is 3. The Labute approximate surface area is 385 Å². The minimum atomic E-state index is -4.62. The fourth-order valence-corrected chi connectivity index (χ4v) is 11.9. The van der Waals surface area contributed by atoms with Crippen molar-refractivity contribution < 1.29 is 32.8 Å². The Bertz CT molecular complexity index is 2710. The first kappa shape index (κ1) is 45.4. The number of hydrogen-bond donors (Lipinski definition) is 5. The molecule has 16 nitrogen and oxygen atoms in total. The van der Waals surface area contributed by atoms with Crippen LogP contribution in [0.3, 0.4) is 0 Å². The molecule has 0 radical (unpaired) electrons. The first-order valence-electron chi connectivity index (χ1n) is 23.2. The second kappa shape index (κ2) is 18.1. The number of likely N-dealkylation sites (tertiary alicyclic amines) is 1. The number of pyridine rings is 1. The molecule has 17 heteroatoms. The molecule has 66 heavy (non-hydrogen) atoms. The van der Waals surface area contributed by atoms with Crippen molar-refractivity contribution >= 4 is 44.0 Å². The number of nitrogens with two attached hydrogens (primary N) is 1. The summed E-state index contributed by atoms with van der Waals surface area (Å²) in [4.78, 5) is 42.7. The van der Waals surface area contributed by atoms with Gasteiger partial charge in [0.25, 0.3) is 27.5 Å². The van der Waals surface area contributed by atoms with E-state index in [0.717, 1.165) is 57.1 Å². The van der Waals surface area contributed by atoms with Gasteiger partial charge in [0.15, 0.2) is 5.75 Å². The molecule has 350 valence electrons. The highest BCUT2D eigenvalue weighted by Gasteiger charge is 2.50. The molecule has 0 bridgehead atoms. The largest absolute Gasteiger partial charge is 0.451 e. The number of aliphatic hydroxyl groups is 1. The van der Waals surface area contributed by atoms with E-state index in [-0.39, 0.29) is 40.0 Å². The number of H-pyrrole nitrogens is 1. The number of carbonyl (C=O) groups excluding carboxylic acids is 1. The lowest BCUT2D eigenvalue weighted by atomic mass is 9.59. The van der Waals surface area contributed by atoms with E-state index in [1.165, 1.54) is 55.0 Å². The van der Waals surface area contributed by atoms with Crippen molar-refractivity contribution in [3.05, 3.63) is 106 Å². The number of nitrogens with zero attached hydrogens (tertiary/aromatic N) is 4. The van der Waals surface area contributed by atoms with Gasteiger partial charge in [-0.1, -0.05) is 38.1 Å². The van der Waals surface area contributed by atoms with E-state index in [0.29, 0.717) is 48.4 Å². The van der Waals surface area contributed by atoms with Crippen molar-refractivity contribution in [3.8, 4) is 17.4 Å². The summed E-state index contributed by atoms with van der Waals surface area (Å²) in [5, 5.41) is 26.3. The van der Waals surface area contributed by atoms with Crippen LogP contribution in [0, 0.1) is 21.4 Å². The maximum atomic E-state index is 14.1. The predicted octanol–water partition coefficient (Wildman–Crippen LogP) is 8.70. The van der Waals surface area contributed by atoms with Crippen LogP contribution in [0.4, 0.5) is 17.1 Å². The highest BCUT2D eigenvalue weighted by Crippen LogP contribution is 2.54. The number of aromatic nitrogens is 2. The molecule has 4 fully saturated rings. The molecule has 5 aromatic rings. The minimum Gasteiger partial charge on any atom is -0.451 e. The van der Waals surface area contributed by atoms with Crippen LogP contribution in [-0.2, 0) is 10.0 Å². The maximum Gasteiger partial charge on any atom is 0.293 e. The Kier molecular flexibility index (Phi) is 12.5. The number of nitrogens with one attached hydrogen (secondary N) is 3. The molecule has 2 aromatic heterocycles. The minimum absolute atomic E-state index is 0.0377. The van der Waals surface area contributed by atoms with E-state index < -0.39 is 37.0 Å². The summed E-state index contributed by atoms with van der Waals surface area (Å²) in [6.45, 7) is 9.52. The van der Waals surface area contributed by atoms with Gasteiger partial charge in [-0.05, 0) is 142 Å². The van der Waals surface area contributed by atoms with Crippen LogP contribution in [0.15, 0.2) is 83.9 Å². The van der Waals surface area contributed by atoms with Gasteiger partial charge in [0, 0.05) is 61.1 Å². The number of hydrogen-bond acceptors (Lipinski definition) is 13. The summed E-state index contributed by atoms with van der Waals surface area (Å²) in [6.07, 6.45) is 11.3. The molecule has 2 saturated carbocycles. The number of anilines is 2. The molecule has 2 saturated heterocycles. The zero-order chi connectivity index (χ0) is 46.4. The Morgan fingerprint density at radius 2 is 1.76 bits per heavy atom. The summed E-state index contributed by atoms with van der Waals surface area (Å²) < 4.78 is 36.1. The molecule has 3 aromatic carbocycles. The Morgan fingerprint density at radius 3 is 2.48 bits per heavy atom. The van der Waals surface area contributed by atoms with Gasteiger partial charge in [-0.15, -0.1) is 0 Å². The Hall–Kier alpha value is -5.75. The number of ether oxygens (including phenoxy) is 1. The van der Waals surface area contributed by atoms with E-state index in [4.69, 9.17) is 15.5 Å². The number of amides is 1. The SMILES string of the molecule is CC(C)c1ccccc1[C@H]1CCCN1C1CC2(CCN(c3ccc(C(=O)NS(=O)(=O)c4ccc(NCC5CCC(C)(O)CC5)c([N+](=O)[O-])c4)c(Oc4cc5cc[nH]c5nc4ON)c3)CC2)C1. The highest BCUT2D eigenvalue weighted by atomic mass is 32.2. The molecular formula is C49H60N8O8S. The number of nitro groups is 1. The van der Waals surface area contributed by atoms with Crippen LogP contribution in [-0.4, -0.2) is 77.0 Å². The van der Waals surface area contributed by atoms with E-state index in [2.05, 4.69) is 67.9 Å². The lowest BCUT2D eigenvalue weighted by Crippen LogP contribution is -2.54. The molecule has 1 atom stereocenters. The third kappa shape index (κ3) is 9.30.